The molecule has 4 heteroatoms. The minimum absolute atomic E-state index is 0.580. The molecule has 4 nitrogen and oxygen atoms in total. The molecule has 0 saturated heterocycles. The summed E-state index contributed by atoms with van der Waals surface area (Å²) in [5, 5.41) is 15.7. The molecule has 2 aromatic carbocycles. The molecule has 0 unspecified atom stereocenters. The highest BCUT2D eigenvalue weighted by Gasteiger charge is 2.20. The number of anilines is 1. The number of fused-ring (bicyclic) bond motifs is 1. The van der Waals surface area contributed by atoms with Gasteiger partial charge in [0.2, 0.25) is 0 Å². The predicted molar refractivity (Wildman–Crippen MR) is 104 cm³/mol. The Labute approximate surface area is 149 Å². The van der Waals surface area contributed by atoms with E-state index in [0.717, 1.165) is 18.5 Å². The topological polar surface area (TPSA) is 52.7 Å². The Morgan fingerprint density at radius 1 is 0.960 bits per heavy atom. The van der Waals surface area contributed by atoms with Gasteiger partial charge >= 0.3 is 0 Å². The molecular formula is C21H26N4. The van der Waals surface area contributed by atoms with E-state index in [9.17, 15) is 0 Å². The summed E-state index contributed by atoms with van der Waals surface area (Å²) in [5.41, 5.74) is 3.71. The molecule has 0 bridgehead atoms. The van der Waals surface area contributed by atoms with E-state index in [1.807, 2.05) is 6.20 Å². The number of rotatable bonds is 6. The monoisotopic (exact) mass is 334 g/mol. The molecule has 4 rings (SSSR count). The lowest BCUT2D eigenvalue weighted by atomic mass is 9.91. The van der Waals surface area contributed by atoms with Crippen molar-refractivity contribution in [3.63, 3.8) is 0 Å². The van der Waals surface area contributed by atoms with Gasteiger partial charge in [-0.1, -0.05) is 30.3 Å². The van der Waals surface area contributed by atoms with Crippen LogP contribution in [-0.4, -0.2) is 28.8 Å². The number of nitrogens with one attached hydrogen (secondary N) is 3. The van der Waals surface area contributed by atoms with Crippen LogP contribution in [0, 0.1) is 0 Å². The number of benzene rings is 2. The van der Waals surface area contributed by atoms with E-state index in [-0.39, 0.29) is 0 Å². The Bertz CT molecular complexity index is 788. The van der Waals surface area contributed by atoms with Crippen LogP contribution in [0.2, 0.25) is 0 Å². The van der Waals surface area contributed by atoms with E-state index in [2.05, 4.69) is 69.4 Å². The summed E-state index contributed by atoms with van der Waals surface area (Å²) in [7, 11) is 0. The predicted octanol–water partition coefficient (Wildman–Crippen LogP) is 4.12. The van der Waals surface area contributed by atoms with Gasteiger partial charge in [0.15, 0.2) is 0 Å². The van der Waals surface area contributed by atoms with Crippen LogP contribution in [0.1, 0.15) is 31.2 Å². The van der Waals surface area contributed by atoms with Crippen molar-refractivity contribution in [3.05, 3.63) is 60.3 Å². The van der Waals surface area contributed by atoms with Crippen molar-refractivity contribution in [2.24, 2.45) is 0 Å². The molecule has 1 heterocycles. The van der Waals surface area contributed by atoms with Crippen LogP contribution >= 0.6 is 0 Å². The second-order valence-electron chi connectivity index (χ2n) is 7.05. The zero-order chi connectivity index (χ0) is 16.9. The van der Waals surface area contributed by atoms with E-state index < -0.39 is 0 Å². The fourth-order valence-corrected chi connectivity index (χ4v) is 3.78. The van der Waals surface area contributed by atoms with Gasteiger partial charge in [-0.05, 0) is 62.4 Å². The molecule has 1 aliphatic rings. The Hall–Kier alpha value is -2.33. The summed E-state index contributed by atoms with van der Waals surface area (Å²) >= 11 is 0. The SMILES string of the molecule is c1ccc(CCN[C@H]2CC[C@H](Nc3ccc4[nH]ncc4c3)CC2)cc1. The molecule has 1 fully saturated rings. The van der Waals surface area contributed by atoms with Crippen molar-refractivity contribution in [1.82, 2.24) is 15.5 Å². The van der Waals surface area contributed by atoms with Crippen molar-refractivity contribution in [3.8, 4) is 0 Å². The first kappa shape index (κ1) is 16.2. The van der Waals surface area contributed by atoms with Crippen molar-refractivity contribution < 1.29 is 0 Å². The van der Waals surface area contributed by atoms with Crippen molar-refractivity contribution in [2.45, 2.75) is 44.2 Å². The van der Waals surface area contributed by atoms with Gasteiger partial charge in [0.1, 0.15) is 0 Å². The third kappa shape index (κ3) is 4.20. The maximum absolute atomic E-state index is 4.09. The summed E-state index contributed by atoms with van der Waals surface area (Å²) in [5.74, 6) is 0. The lowest BCUT2D eigenvalue weighted by molar-refractivity contribution is 0.356. The number of aromatic nitrogens is 2. The van der Waals surface area contributed by atoms with Gasteiger partial charge < -0.3 is 10.6 Å². The second kappa shape index (κ2) is 7.70. The third-order valence-electron chi connectivity index (χ3n) is 5.23. The molecule has 0 spiro atoms. The summed E-state index contributed by atoms with van der Waals surface area (Å²) in [6.07, 6.45) is 7.96. The molecule has 3 N–H and O–H groups in total. The Morgan fingerprint density at radius 2 is 1.76 bits per heavy atom. The first-order chi connectivity index (χ1) is 12.4. The van der Waals surface area contributed by atoms with Crippen LogP contribution < -0.4 is 10.6 Å². The van der Waals surface area contributed by atoms with Crippen LogP contribution in [0.15, 0.2) is 54.7 Å². The average molecular weight is 334 g/mol. The molecule has 0 radical (unpaired) electrons. The highest BCUT2D eigenvalue weighted by atomic mass is 15.1. The van der Waals surface area contributed by atoms with E-state index in [1.165, 1.54) is 42.3 Å². The van der Waals surface area contributed by atoms with E-state index in [4.69, 9.17) is 0 Å². The molecule has 0 amide bonds. The molecule has 130 valence electrons. The maximum atomic E-state index is 4.09. The van der Waals surface area contributed by atoms with Gasteiger partial charge in [0, 0.05) is 23.2 Å². The van der Waals surface area contributed by atoms with E-state index in [0.29, 0.717) is 12.1 Å². The third-order valence-corrected chi connectivity index (χ3v) is 5.23. The van der Waals surface area contributed by atoms with Gasteiger partial charge in [0.25, 0.3) is 0 Å². The van der Waals surface area contributed by atoms with Crippen molar-refractivity contribution in [2.75, 3.05) is 11.9 Å². The number of hydrogen-bond donors (Lipinski definition) is 3. The maximum Gasteiger partial charge on any atom is 0.0651 e. The van der Waals surface area contributed by atoms with Gasteiger partial charge in [-0.2, -0.15) is 5.10 Å². The molecule has 3 aromatic rings. The molecule has 0 aliphatic heterocycles. The summed E-state index contributed by atoms with van der Waals surface area (Å²) < 4.78 is 0. The molecule has 1 saturated carbocycles. The van der Waals surface area contributed by atoms with Crippen LogP contribution in [0.3, 0.4) is 0 Å². The van der Waals surface area contributed by atoms with Gasteiger partial charge in [-0.3, -0.25) is 5.10 Å². The highest BCUT2D eigenvalue weighted by Crippen LogP contribution is 2.24. The van der Waals surface area contributed by atoms with Crippen molar-refractivity contribution in [1.29, 1.82) is 0 Å². The average Bonchev–Trinajstić information content (AvgIpc) is 3.12. The van der Waals surface area contributed by atoms with Gasteiger partial charge in [-0.25, -0.2) is 0 Å². The second-order valence-corrected chi connectivity index (χ2v) is 7.05. The quantitative estimate of drug-likeness (QED) is 0.635. The fraction of sp³-hybridized carbons (Fsp3) is 0.381. The lowest BCUT2D eigenvalue weighted by Gasteiger charge is -2.30. The number of aromatic amines is 1. The molecule has 25 heavy (non-hydrogen) atoms. The normalized spacial score (nSPS) is 20.6. The zero-order valence-corrected chi connectivity index (χ0v) is 14.5. The first-order valence-corrected chi connectivity index (χ1v) is 9.34. The van der Waals surface area contributed by atoms with Crippen LogP contribution in [0.25, 0.3) is 10.9 Å². The van der Waals surface area contributed by atoms with Gasteiger partial charge in [-0.15, -0.1) is 0 Å². The Balaban J connectivity index is 1.21. The summed E-state index contributed by atoms with van der Waals surface area (Å²) in [6.45, 7) is 1.07. The van der Waals surface area contributed by atoms with E-state index in [1.54, 1.807) is 0 Å². The summed E-state index contributed by atoms with van der Waals surface area (Å²) in [4.78, 5) is 0. The van der Waals surface area contributed by atoms with E-state index >= 15 is 0 Å². The minimum atomic E-state index is 0.580. The highest BCUT2D eigenvalue weighted by molar-refractivity contribution is 5.81. The standard InChI is InChI=1S/C21H26N4/c1-2-4-16(5-3-1)12-13-22-18-6-8-19(9-7-18)24-20-10-11-21-17(14-20)15-23-25-21/h1-5,10-11,14-15,18-19,22,24H,6-9,12-13H2,(H,23,25)/t18-,19-. The fourth-order valence-electron chi connectivity index (χ4n) is 3.78. The zero-order valence-electron chi connectivity index (χ0n) is 14.5. The van der Waals surface area contributed by atoms with Crippen molar-refractivity contribution >= 4 is 16.6 Å². The molecular weight excluding hydrogens is 308 g/mol. The van der Waals surface area contributed by atoms with Crippen LogP contribution in [-0.2, 0) is 6.42 Å². The molecule has 1 aromatic heterocycles. The number of nitrogens with zero attached hydrogens (tertiary/aromatic N) is 1. The minimum Gasteiger partial charge on any atom is -0.382 e. The smallest absolute Gasteiger partial charge is 0.0651 e. The van der Waals surface area contributed by atoms with Gasteiger partial charge in [0.05, 0.1) is 11.7 Å². The number of hydrogen-bond acceptors (Lipinski definition) is 3. The first-order valence-electron chi connectivity index (χ1n) is 9.34. The molecule has 1 aliphatic carbocycles. The molecule has 0 atom stereocenters. The van der Waals surface area contributed by atoms with Crippen LogP contribution in [0.5, 0.6) is 0 Å². The van der Waals surface area contributed by atoms with Crippen LogP contribution in [0.4, 0.5) is 5.69 Å². The Morgan fingerprint density at radius 3 is 2.60 bits per heavy atom. The largest absolute Gasteiger partial charge is 0.382 e. The Kier molecular flexibility index (Phi) is 4.98. The number of H-pyrrole nitrogens is 1. The summed E-state index contributed by atoms with van der Waals surface area (Å²) in [6, 6.07) is 18.4. The lowest BCUT2D eigenvalue weighted by Crippen LogP contribution is -2.37.